The molecule has 0 saturated heterocycles. The highest BCUT2D eigenvalue weighted by atomic mass is 35.5. The molecule has 3 aromatic rings. The largest absolute Gasteiger partial charge is 0.418 e. The van der Waals surface area contributed by atoms with E-state index in [1.807, 2.05) is 18.2 Å². The van der Waals surface area contributed by atoms with Gasteiger partial charge < -0.3 is 10.3 Å². The summed E-state index contributed by atoms with van der Waals surface area (Å²) in [6.07, 6.45) is -2.85. The SMILES string of the molecule is O=C(Cc1ccc2[nH]ccc2c1)Nc1ccc(Cl)cc1C(F)(F)F. The molecule has 2 aromatic carbocycles. The molecule has 0 aliphatic heterocycles. The molecule has 0 atom stereocenters. The fourth-order valence-corrected chi connectivity index (χ4v) is 2.62. The highest BCUT2D eigenvalue weighted by molar-refractivity contribution is 6.30. The standard InChI is InChI=1S/C17H12ClF3N2O/c18-12-2-4-15(13(9-12)17(19,20)21)23-16(24)8-10-1-3-14-11(7-10)5-6-22-14/h1-7,9,22H,8H2,(H,23,24). The minimum Gasteiger partial charge on any atom is -0.361 e. The van der Waals surface area contributed by atoms with Crippen LogP contribution < -0.4 is 5.32 Å². The van der Waals surface area contributed by atoms with E-state index in [0.717, 1.165) is 23.0 Å². The van der Waals surface area contributed by atoms with Gasteiger partial charge in [0, 0.05) is 16.7 Å². The van der Waals surface area contributed by atoms with E-state index in [9.17, 15) is 18.0 Å². The lowest BCUT2D eigenvalue weighted by Crippen LogP contribution is -2.18. The van der Waals surface area contributed by atoms with Gasteiger partial charge in [0.25, 0.3) is 0 Å². The van der Waals surface area contributed by atoms with Crippen LogP contribution in [0.4, 0.5) is 18.9 Å². The van der Waals surface area contributed by atoms with E-state index in [2.05, 4.69) is 10.3 Å². The molecule has 124 valence electrons. The van der Waals surface area contributed by atoms with Gasteiger partial charge in [0.2, 0.25) is 5.91 Å². The molecular weight excluding hydrogens is 341 g/mol. The summed E-state index contributed by atoms with van der Waals surface area (Å²) in [5.74, 6) is -0.530. The molecule has 3 nitrogen and oxygen atoms in total. The number of fused-ring (bicyclic) bond motifs is 1. The lowest BCUT2D eigenvalue weighted by Gasteiger charge is -2.14. The second kappa shape index (κ2) is 6.20. The van der Waals surface area contributed by atoms with Crippen LogP contribution in [0.2, 0.25) is 5.02 Å². The second-order valence-corrected chi connectivity index (χ2v) is 5.75. The van der Waals surface area contributed by atoms with Gasteiger partial charge in [0.15, 0.2) is 0 Å². The van der Waals surface area contributed by atoms with Crippen molar-refractivity contribution in [2.24, 2.45) is 0 Å². The van der Waals surface area contributed by atoms with Crippen molar-refractivity contribution in [1.82, 2.24) is 4.98 Å². The summed E-state index contributed by atoms with van der Waals surface area (Å²) in [4.78, 5) is 15.1. The number of hydrogen-bond acceptors (Lipinski definition) is 1. The third kappa shape index (κ3) is 3.54. The number of carbonyl (C=O) groups excluding carboxylic acids is 1. The molecule has 0 saturated carbocycles. The Morgan fingerprint density at radius 2 is 1.92 bits per heavy atom. The Balaban J connectivity index is 1.79. The molecule has 0 radical (unpaired) electrons. The quantitative estimate of drug-likeness (QED) is 0.683. The summed E-state index contributed by atoms with van der Waals surface area (Å²) >= 11 is 5.62. The zero-order chi connectivity index (χ0) is 17.3. The van der Waals surface area contributed by atoms with Gasteiger partial charge in [-0.05, 0) is 47.3 Å². The van der Waals surface area contributed by atoms with E-state index in [-0.39, 0.29) is 17.1 Å². The van der Waals surface area contributed by atoms with Gasteiger partial charge in [0.05, 0.1) is 17.7 Å². The van der Waals surface area contributed by atoms with E-state index >= 15 is 0 Å². The number of H-pyrrole nitrogens is 1. The fraction of sp³-hybridized carbons (Fsp3) is 0.118. The zero-order valence-electron chi connectivity index (χ0n) is 12.2. The molecule has 1 amide bonds. The van der Waals surface area contributed by atoms with Gasteiger partial charge in [-0.2, -0.15) is 13.2 Å². The third-order valence-electron chi connectivity index (χ3n) is 3.54. The van der Waals surface area contributed by atoms with Crippen molar-refractivity contribution in [3.8, 4) is 0 Å². The summed E-state index contributed by atoms with van der Waals surface area (Å²) in [5.41, 5.74) is 0.363. The highest BCUT2D eigenvalue weighted by Crippen LogP contribution is 2.36. The van der Waals surface area contributed by atoms with E-state index < -0.39 is 17.6 Å². The van der Waals surface area contributed by atoms with Gasteiger partial charge in [-0.25, -0.2) is 0 Å². The predicted molar refractivity (Wildman–Crippen MR) is 87.1 cm³/mol. The Morgan fingerprint density at radius 3 is 2.67 bits per heavy atom. The first-order chi connectivity index (χ1) is 11.3. The molecule has 0 fully saturated rings. The number of hydrogen-bond donors (Lipinski definition) is 2. The normalized spacial score (nSPS) is 11.7. The number of anilines is 1. The van der Waals surface area contributed by atoms with Crippen LogP contribution in [-0.2, 0) is 17.4 Å². The lowest BCUT2D eigenvalue weighted by molar-refractivity contribution is -0.137. The van der Waals surface area contributed by atoms with Crippen molar-refractivity contribution < 1.29 is 18.0 Å². The molecule has 2 N–H and O–H groups in total. The Kier molecular flexibility index (Phi) is 4.24. The molecule has 0 aliphatic rings. The number of aromatic amines is 1. The minimum atomic E-state index is -4.60. The van der Waals surface area contributed by atoms with Gasteiger partial charge in [-0.3, -0.25) is 4.79 Å². The molecular formula is C17H12ClF3N2O. The maximum absolute atomic E-state index is 13.0. The van der Waals surface area contributed by atoms with Crippen molar-refractivity contribution in [3.05, 3.63) is 64.8 Å². The first-order valence-corrected chi connectivity index (χ1v) is 7.43. The zero-order valence-corrected chi connectivity index (χ0v) is 13.0. The Morgan fingerprint density at radius 1 is 1.12 bits per heavy atom. The average molecular weight is 353 g/mol. The van der Waals surface area contributed by atoms with Crippen LogP contribution in [0.5, 0.6) is 0 Å². The second-order valence-electron chi connectivity index (χ2n) is 5.31. The van der Waals surface area contributed by atoms with Crippen LogP contribution in [0, 0.1) is 0 Å². The number of aromatic nitrogens is 1. The summed E-state index contributed by atoms with van der Waals surface area (Å²) in [6, 6.07) is 10.5. The van der Waals surface area contributed by atoms with Crippen LogP contribution in [0.15, 0.2) is 48.7 Å². The first-order valence-electron chi connectivity index (χ1n) is 7.05. The van der Waals surface area contributed by atoms with Gasteiger partial charge in [-0.1, -0.05) is 17.7 Å². The van der Waals surface area contributed by atoms with Crippen molar-refractivity contribution in [3.63, 3.8) is 0 Å². The number of rotatable bonds is 3. The highest BCUT2D eigenvalue weighted by Gasteiger charge is 2.34. The summed E-state index contributed by atoms with van der Waals surface area (Å²) in [6.45, 7) is 0. The number of benzene rings is 2. The van der Waals surface area contributed by atoms with Gasteiger partial charge in [-0.15, -0.1) is 0 Å². The Hall–Kier alpha value is -2.47. The van der Waals surface area contributed by atoms with Crippen molar-refractivity contribution in [2.75, 3.05) is 5.32 Å². The van der Waals surface area contributed by atoms with Crippen molar-refractivity contribution in [2.45, 2.75) is 12.6 Å². The number of halogens is 4. The molecule has 24 heavy (non-hydrogen) atoms. The maximum atomic E-state index is 13.0. The van der Waals surface area contributed by atoms with Crippen LogP contribution >= 0.6 is 11.6 Å². The Labute approximate surface area is 140 Å². The molecule has 1 heterocycles. The van der Waals surface area contributed by atoms with E-state index in [4.69, 9.17) is 11.6 Å². The summed E-state index contributed by atoms with van der Waals surface area (Å²) in [5, 5.41) is 3.20. The lowest BCUT2D eigenvalue weighted by atomic mass is 10.1. The number of nitrogens with one attached hydrogen (secondary N) is 2. The van der Waals surface area contributed by atoms with E-state index in [0.29, 0.717) is 5.56 Å². The molecule has 0 spiro atoms. The van der Waals surface area contributed by atoms with Crippen LogP contribution in [0.25, 0.3) is 10.9 Å². The third-order valence-corrected chi connectivity index (χ3v) is 3.78. The fourth-order valence-electron chi connectivity index (χ4n) is 2.45. The molecule has 7 heteroatoms. The maximum Gasteiger partial charge on any atom is 0.418 e. The van der Waals surface area contributed by atoms with Crippen LogP contribution in [-0.4, -0.2) is 10.9 Å². The minimum absolute atomic E-state index is 0.0267. The number of amides is 1. The van der Waals surface area contributed by atoms with Crippen LogP contribution in [0.1, 0.15) is 11.1 Å². The number of alkyl halides is 3. The molecule has 0 unspecified atom stereocenters. The monoisotopic (exact) mass is 352 g/mol. The van der Waals surface area contributed by atoms with Crippen LogP contribution in [0.3, 0.4) is 0 Å². The molecule has 3 rings (SSSR count). The summed E-state index contributed by atoms with van der Waals surface area (Å²) in [7, 11) is 0. The first kappa shape index (κ1) is 16.4. The van der Waals surface area contributed by atoms with Gasteiger partial charge in [0.1, 0.15) is 0 Å². The average Bonchev–Trinajstić information content (AvgIpc) is 2.95. The number of carbonyl (C=O) groups is 1. The molecule has 1 aromatic heterocycles. The topological polar surface area (TPSA) is 44.9 Å². The molecule has 0 bridgehead atoms. The van der Waals surface area contributed by atoms with Crippen molar-refractivity contribution >= 4 is 34.1 Å². The smallest absolute Gasteiger partial charge is 0.361 e. The Bertz CT molecular complexity index is 902. The summed E-state index contributed by atoms with van der Waals surface area (Å²) < 4.78 is 39.1. The van der Waals surface area contributed by atoms with E-state index in [1.54, 1.807) is 12.3 Å². The van der Waals surface area contributed by atoms with Crippen molar-refractivity contribution in [1.29, 1.82) is 0 Å². The van der Waals surface area contributed by atoms with E-state index in [1.165, 1.54) is 6.07 Å². The predicted octanol–water partition coefficient (Wildman–Crippen LogP) is 5.02. The molecule has 0 aliphatic carbocycles. The van der Waals surface area contributed by atoms with Gasteiger partial charge >= 0.3 is 6.18 Å².